The van der Waals surface area contributed by atoms with E-state index in [1.807, 2.05) is 24.3 Å². The van der Waals surface area contributed by atoms with E-state index in [0.717, 1.165) is 36.8 Å². The van der Waals surface area contributed by atoms with E-state index in [-0.39, 0.29) is 0 Å². The molecule has 1 aromatic heterocycles. The summed E-state index contributed by atoms with van der Waals surface area (Å²) in [6.45, 7) is 1.23. The lowest BCUT2D eigenvalue weighted by atomic mass is 10.1. The molecule has 1 amide bonds. The number of ether oxygens (including phenoxy) is 3. The van der Waals surface area contributed by atoms with E-state index in [1.165, 1.54) is 14.2 Å². The quantitative estimate of drug-likeness (QED) is 0.567. The topological polar surface area (TPSA) is 90.0 Å². The van der Waals surface area contributed by atoms with Gasteiger partial charge in [0.15, 0.2) is 6.61 Å². The average molecular weight is 435 g/mol. The summed E-state index contributed by atoms with van der Waals surface area (Å²) in [4.78, 5) is 32.2. The number of fused-ring (bicyclic) bond motifs is 1. The van der Waals surface area contributed by atoms with E-state index in [2.05, 4.69) is 10.2 Å². The lowest BCUT2D eigenvalue weighted by Gasteiger charge is -2.20. The summed E-state index contributed by atoms with van der Waals surface area (Å²) in [5.41, 5.74) is 1.60. The van der Waals surface area contributed by atoms with Crippen molar-refractivity contribution in [3.05, 3.63) is 54.1 Å². The molecule has 0 spiro atoms. The number of para-hydroxylation sites is 1. The van der Waals surface area contributed by atoms with Gasteiger partial charge in [-0.15, -0.1) is 0 Å². The number of benzene rings is 2. The third kappa shape index (κ3) is 4.59. The molecule has 0 radical (unpaired) electrons. The smallest absolute Gasteiger partial charge is 0.342 e. The van der Waals surface area contributed by atoms with Gasteiger partial charge in [0.1, 0.15) is 22.9 Å². The predicted molar refractivity (Wildman–Crippen MR) is 122 cm³/mol. The largest absolute Gasteiger partial charge is 0.497 e. The first-order valence-corrected chi connectivity index (χ1v) is 10.4. The molecule has 0 atom stereocenters. The second-order valence-electron chi connectivity index (χ2n) is 7.44. The zero-order chi connectivity index (χ0) is 22.5. The van der Waals surface area contributed by atoms with Gasteiger partial charge in [-0.05, 0) is 37.1 Å². The Labute approximate surface area is 186 Å². The van der Waals surface area contributed by atoms with E-state index >= 15 is 0 Å². The molecule has 0 bridgehead atoms. The highest BCUT2D eigenvalue weighted by Crippen LogP contribution is 2.29. The fourth-order valence-corrected chi connectivity index (χ4v) is 3.73. The minimum absolute atomic E-state index is 0.359. The third-order valence-corrected chi connectivity index (χ3v) is 5.34. The van der Waals surface area contributed by atoms with Crippen molar-refractivity contribution in [2.24, 2.45) is 0 Å². The Morgan fingerprint density at radius 2 is 1.81 bits per heavy atom. The Balaban J connectivity index is 1.50. The van der Waals surface area contributed by atoms with Crippen molar-refractivity contribution in [3.63, 3.8) is 0 Å². The van der Waals surface area contributed by atoms with Crippen LogP contribution in [0.15, 0.2) is 48.5 Å². The lowest BCUT2D eigenvalue weighted by molar-refractivity contribution is -0.119. The molecule has 166 valence electrons. The molecular formula is C24H25N3O5. The van der Waals surface area contributed by atoms with Gasteiger partial charge in [0, 0.05) is 24.5 Å². The maximum atomic E-state index is 12.9. The number of nitrogens with one attached hydrogen (secondary N) is 1. The summed E-state index contributed by atoms with van der Waals surface area (Å²) in [5.74, 6) is 0.566. The number of aromatic nitrogens is 1. The maximum Gasteiger partial charge on any atom is 0.342 e. The Hall–Kier alpha value is -3.81. The summed E-state index contributed by atoms with van der Waals surface area (Å²) < 4.78 is 15.8. The number of methoxy groups -OCH3 is 2. The first-order chi connectivity index (χ1) is 15.6. The number of hydrogen-bond donors (Lipinski definition) is 1. The van der Waals surface area contributed by atoms with Crippen LogP contribution in [0.1, 0.15) is 23.2 Å². The van der Waals surface area contributed by atoms with Crippen molar-refractivity contribution in [1.82, 2.24) is 4.98 Å². The number of amides is 1. The number of pyridine rings is 1. The van der Waals surface area contributed by atoms with Crippen LogP contribution in [0.25, 0.3) is 10.9 Å². The van der Waals surface area contributed by atoms with Gasteiger partial charge in [-0.25, -0.2) is 9.78 Å². The molecule has 8 heteroatoms. The van der Waals surface area contributed by atoms with Gasteiger partial charge in [-0.1, -0.05) is 18.2 Å². The van der Waals surface area contributed by atoms with Crippen molar-refractivity contribution in [2.75, 3.05) is 44.1 Å². The Morgan fingerprint density at radius 3 is 2.56 bits per heavy atom. The van der Waals surface area contributed by atoms with Crippen LogP contribution in [0.2, 0.25) is 0 Å². The van der Waals surface area contributed by atoms with E-state index in [1.54, 1.807) is 24.3 Å². The van der Waals surface area contributed by atoms with Crippen molar-refractivity contribution >= 4 is 34.3 Å². The second kappa shape index (κ2) is 9.55. The summed E-state index contributed by atoms with van der Waals surface area (Å²) in [6, 6.07) is 14.4. The molecule has 1 aliphatic heterocycles. The van der Waals surface area contributed by atoms with Gasteiger partial charge >= 0.3 is 5.97 Å². The van der Waals surface area contributed by atoms with Crippen molar-refractivity contribution in [3.8, 4) is 11.5 Å². The zero-order valence-corrected chi connectivity index (χ0v) is 18.1. The van der Waals surface area contributed by atoms with Crippen molar-refractivity contribution in [2.45, 2.75) is 12.8 Å². The van der Waals surface area contributed by atoms with Crippen LogP contribution < -0.4 is 19.7 Å². The first-order valence-electron chi connectivity index (χ1n) is 10.4. The van der Waals surface area contributed by atoms with E-state index in [9.17, 15) is 9.59 Å². The zero-order valence-electron chi connectivity index (χ0n) is 18.1. The van der Waals surface area contributed by atoms with E-state index in [4.69, 9.17) is 19.2 Å². The van der Waals surface area contributed by atoms with Crippen LogP contribution in [-0.4, -0.2) is 50.8 Å². The van der Waals surface area contributed by atoms with Crippen LogP contribution in [-0.2, 0) is 9.53 Å². The molecule has 1 aliphatic rings. The van der Waals surface area contributed by atoms with E-state index in [0.29, 0.717) is 28.6 Å². The lowest BCUT2D eigenvalue weighted by Crippen LogP contribution is -2.25. The summed E-state index contributed by atoms with van der Waals surface area (Å²) >= 11 is 0. The monoisotopic (exact) mass is 435 g/mol. The van der Waals surface area contributed by atoms with Gasteiger partial charge in [-0.3, -0.25) is 4.79 Å². The number of esters is 1. The minimum Gasteiger partial charge on any atom is -0.497 e. The molecule has 1 saturated heterocycles. The number of rotatable bonds is 7. The summed E-state index contributed by atoms with van der Waals surface area (Å²) in [7, 11) is 3.04. The second-order valence-corrected chi connectivity index (χ2v) is 7.44. The molecule has 8 nitrogen and oxygen atoms in total. The maximum absolute atomic E-state index is 12.9. The number of carbonyl (C=O) groups is 2. The standard InChI is InChI=1S/C24H25N3O5/c1-30-17-9-10-21(31-2)20(14-17)25-22(28)15-32-24(29)18-13-16-7-3-4-8-19(16)26-23(18)27-11-5-6-12-27/h3-4,7-10,13-14H,5-6,11-12,15H2,1-2H3,(H,25,28). The number of nitrogens with zero attached hydrogens (tertiary/aromatic N) is 2. The van der Waals surface area contributed by atoms with Crippen LogP contribution in [0.4, 0.5) is 11.5 Å². The van der Waals surface area contributed by atoms with E-state index < -0.39 is 18.5 Å². The molecule has 2 aromatic carbocycles. The molecule has 0 saturated carbocycles. The Kier molecular flexibility index (Phi) is 6.39. The fraction of sp³-hybridized carbons (Fsp3) is 0.292. The highest BCUT2D eigenvalue weighted by Gasteiger charge is 2.23. The number of hydrogen-bond acceptors (Lipinski definition) is 7. The highest BCUT2D eigenvalue weighted by atomic mass is 16.5. The normalized spacial score (nSPS) is 13.1. The molecule has 0 aliphatic carbocycles. The fourth-order valence-electron chi connectivity index (χ4n) is 3.73. The Bertz CT molecular complexity index is 1140. The molecule has 2 heterocycles. The van der Waals surface area contributed by atoms with Crippen LogP contribution in [0, 0.1) is 0 Å². The van der Waals surface area contributed by atoms with Gasteiger partial charge in [-0.2, -0.15) is 0 Å². The van der Waals surface area contributed by atoms with Crippen LogP contribution in [0.5, 0.6) is 11.5 Å². The molecule has 0 unspecified atom stereocenters. The number of anilines is 2. The van der Waals surface area contributed by atoms with Crippen molar-refractivity contribution < 1.29 is 23.8 Å². The molecular weight excluding hydrogens is 410 g/mol. The summed E-state index contributed by atoms with van der Waals surface area (Å²) in [6.07, 6.45) is 2.10. The third-order valence-electron chi connectivity index (χ3n) is 5.34. The van der Waals surface area contributed by atoms with Gasteiger partial charge in [0.2, 0.25) is 0 Å². The molecule has 1 fully saturated rings. The average Bonchev–Trinajstić information content (AvgIpc) is 3.36. The predicted octanol–water partition coefficient (Wildman–Crippen LogP) is 3.65. The Morgan fingerprint density at radius 1 is 1.03 bits per heavy atom. The first kappa shape index (κ1) is 21.4. The van der Waals surface area contributed by atoms with Gasteiger partial charge in [0.25, 0.3) is 5.91 Å². The molecule has 1 N–H and O–H groups in total. The number of carbonyl (C=O) groups excluding carboxylic acids is 2. The van der Waals surface area contributed by atoms with Gasteiger partial charge < -0.3 is 24.4 Å². The van der Waals surface area contributed by atoms with Crippen LogP contribution in [0.3, 0.4) is 0 Å². The van der Waals surface area contributed by atoms with Crippen molar-refractivity contribution in [1.29, 1.82) is 0 Å². The van der Waals surface area contributed by atoms with Gasteiger partial charge in [0.05, 0.1) is 25.4 Å². The van der Waals surface area contributed by atoms with Crippen LogP contribution >= 0.6 is 0 Å². The minimum atomic E-state index is -0.585. The molecule has 32 heavy (non-hydrogen) atoms. The summed E-state index contributed by atoms with van der Waals surface area (Å²) in [5, 5.41) is 3.54. The molecule has 4 rings (SSSR count). The molecule has 3 aromatic rings. The highest BCUT2D eigenvalue weighted by molar-refractivity contribution is 6.01. The SMILES string of the molecule is COc1ccc(OC)c(NC(=O)COC(=O)c2cc3ccccc3nc2N2CCCC2)c1.